The molecule has 1 saturated heterocycles. The zero-order valence-corrected chi connectivity index (χ0v) is 15.0. The van der Waals surface area contributed by atoms with Crippen LogP contribution in [0.5, 0.6) is 5.75 Å². The van der Waals surface area contributed by atoms with E-state index < -0.39 is 0 Å². The average molecular weight is 338 g/mol. The smallest absolute Gasteiger partial charge is 0.224 e. The first kappa shape index (κ1) is 17.3. The van der Waals surface area contributed by atoms with E-state index >= 15 is 0 Å². The van der Waals surface area contributed by atoms with Crippen LogP contribution in [0.2, 0.25) is 0 Å². The number of aryl methyl sites for hydroxylation is 1. The molecule has 2 aromatic carbocycles. The van der Waals surface area contributed by atoms with Crippen molar-refractivity contribution in [3.63, 3.8) is 0 Å². The van der Waals surface area contributed by atoms with Crippen molar-refractivity contribution in [3.05, 3.63) is 59.2 Å². The summed E-state index contributed by atoms with van der Waals surface area (Å²) in [5, 5.41) is 3.00. The van der Waals surface area contributed by atoms with Gasteiger partial charge in [-0.1, -0.05) is 24.3 Å². The summed E-state index contributed by atoms with van der Waals surface area (Å²) in [6.45, 7) is 4.85. The van der Waals surface area contributed by atoms with Gasteiger partial charge in [0.1, 0.15) is 5.75 Å². The topological polar surface area (TPSA) is 41.6 Å². The summed E-state index contributed by atoms with van der Waals surface area (Å²) in [7, 11) is 1.66. The minimum atomic E-state index is 0.0354. The van der Waals surface area contributed by atoms with Crippen LogP contribution < -0.4 is 15.0 Å². The number of methoxy groups -OCH3 is 1. The van der Waals surface area contributed by atoms with Crippen LogP contribution >= 0.6 is 0 Å². The molecule has 1 aliphatic rings. The third-order valence-corrected chi connectivity index (χ3v) is 4.72. The molecule has 0 saturated carbocycles. The Labute approximate surface area is 149 Å². The second kappa shape index (κ2) is 8.06. The maximum Gasteiger partial charge on any atom is 0.224 e. The molecular formula is C21H26N2O2. The van der Waals surface area contributed by atoms with Gasteiger partial charge in [0.25, 0.3) is 0 Å². The largest absolute Gasteiger partial charge is 0.496 e. The average Bonchev–Trinajstić information content (AvgIpc) is 3.15. The molecule has 1 fully saturated rings. The van der Waals surface area contributed by atoms with Crippen molar-refractivity contribution < 1.29 is 9.53 Å². The Morgan fingerprint density at radius 2 is 1.76 bits per heavy atom. The van der Waals surface area contributed by atoms with Crippen LogP contribution in [-0.4, -0.2) is 26.1 Å². The summed E-state index contributed by atoms with van der Waals surface area (Å²) < 4.78 is 5.25. The zero-order chi connectivity index (χ0) is 17.6. The molecule has 4 nitrogen and oxygen atoms in total. The first-order valence-electron chi connectivity index (χ1n) is 8.90. The van der Waals surface area contributed by atoms with Crippen LogP contribution in [0.3, 0.4) is 0 Å². The summed E-state index contributed by atoms with van der Waals surface area (Å²) in [6, 6.07) is 14.4. The lowest BCUT2D eigenvalue weighted by Crippen LogP contribution is -2.24. The van der Waals surface area contributed by atoms with Gasteiger partial charge in [-0.05, 0) is 54.7 Å². The summed E-state index contributed by atoms with van der Waals surface area (Å²) in [5.74, 6) is 0.885. The summed E-state index contributed by atoms with van der Waals surface area (Å²) in [4.78, 5) is 14.6. The molecule has 0 atom stereocenters. The standard InChI is InChI=1S/C21H26N2O2/c1-16-13-18(7-10-20(16)25-2)14-21(24)22-15-17-5-8-19(9-6-17)23-11-3-4-12-23/h5-10,13H,3-4,11-12,14-15H2,1-2H3,(H,22,24). The highest BCUT2D eigenvalue weighted by atomic mass is 16.5. The van der Waals surface area contributed by atoms with E-state index in [-0.39, 0.29) is 5.91 Å². The molecule has 1 heterocycles. The van der Waals surface area contributed by atoms with E-state index in [9.17, 15) is 4.79 Å². The van der Waals surface area contributed by atoms with E-state index in [1.165, 1.54) is 18.5 Å². The second-order valence-corrected chi connectivity index (χ2v) is 6.62. The number of amides is 1. The van der Waals surface area contributed by atoms with E-state index in [1.54, 1.807) is 7.11 Å². The van der Waals surface area contributed by atoms with Gasteiger partial charge >= 0.3 is 0 Å². The molecule has 0 bridgehead atoms. The fourth-order valence-corrected chi connectivity index (χ4v) is 3.30. The summed E-state index contributed by atoms with van der Waals surface area (Å²) >= 11 is 0. The highest BCUT2D eigenvalue weighted by Gasteiger charge is 2.12. The van der Waals surface area contributed by atoms with Crippen molar-refractivity contribution in [2.75, 3.05) is 25.1 Å². The number of carbonyl (C=O) groups is 1. The lowest BCUT2D eigenvalue weighted by molar-refractivity contribution is -0.120. The SMILES string of the molecule is COc1ccc(CC(=O)NCc2ccc(N3CCCC3)cc2)cc1C. The maximum absolute atomic E-state index is 12.2. The number of carbonyl (C=O) groups excluding carboxylic acids is 1. The molecule has 0 aromatic heterocycles. The van der Waals surface area contributed by atoms with Gasteiger partial charge < -0.3 is 15.0 Å². The summed E-state index contributed by atoms with van der Waals surface area (Å²) in [6.07, 6.45) is 2.95. The van der Waals surface area contributed by atoms with Crippen LogP contribution in [0.1, 0.15) is 29.5 Å². The zero-order valence-electron chi connectivity index (χ0n) is 15.0. The van der Waals surface area contributed by atoms with Crippen LogP contribution in [0.15, 0.2) is 42.5 Å². The van der Waals surface area contributed by atoms with Gasteiger partial charge in [0.2, 0.25) is 5.91 Å². The Hall–Kier alpha value is -2.49. The Balaban J connectivity index is 1.51. The van der Waals surface area contributed by atoms with Crippen LogP contribution in [0, 0.1) is 6.92 Å². The number of nitrogens with one attached hydrogen (secondary N) is 1. The highest BCUT2D eigenvalue weighted by molar-refractivity contribution is 5.78. The van der Waals surface area contributed by atoms with Gasteiger partial charge in [0, 0.05) is 25.3 Å². The van der Waals surface area contributed by atoms with Gasteiger partial charge in [-0.3, -0.25) is 4.79 Å². The normalized spacial score (nSPS) is 13.8. The Kier molecular flexibility index (Phi) is 5.59. The number of benzene rings is 2. The van der Waals surface area contributed by atoms with E-state index in [2.05, 4.69) is 34.5 Å². The fourth-order valence-electron chi connectivity index (χ4n) is 3.30. The Morgan fingerprint density at radius 3 is 2.40 bits per heavy atom. The van der Waals surface area contributed by atoms with Gasteiger partial charge in [0.15, 0.2) is 0 Å². The predicted molar refractivity (Wildman–Crippen MR) is 101 cm³/mol. The molecule has 4 heteroatoms. The van der Waals surface area contributed by atoms with Gasteiger partial charge in [-0.25, -0.2) is 0 Å². The fraction of sp³-hybridized carbons (Fsp3) is 0.381. The minimum Gasteiger partial charge on any atom is -0.496 e. The Bertz CT molecular complexity index is 719. The van der Waals surface area contributed by atoms with E-state index in [0.717, 1.165) is 35.5 Å². The van der Waals surface area contributed by atoms with Crippen molar-refractivity contribution in [3.8, 4) is 5.75 Å². The molecule has 25 heavy (non-hydrogen) atoms. The van der Waals surface area contributed by atoms with Crippen LogP contribution in [0.25, 0.3) is 0 Å². The van der Waals surface area contributed by atoms with Crippen LogP contribution in [0.4, 0.5) is 5.69 Å². The number of nitrogens with zero attached hydrogens (tertiary/aromatic N) is 1. The number of ether oxygens (including phenoxy) is 1. The first-order valence-corrected chi connectivity index (χ1v) is 8.90. The van der Waals surface area contributed by atoms with Gasteiger partial charge in [-0.15, -0.1) is 0 Å². The molecule has 1 aliphatic heterocycles. The molecule has 2 aromatic rings. The molecule has 0 aliphatic carbocycles. The number of hydrogen-bond acceptors (Lipinski definition) is 3. The maximum atomic E-state index is 12.2. The highest BCUT2D eigenvalue weighted by Crippen LogP contribution is 2.21. The number of anilines is 1. The third kappa shape index (κ3) is 4.53. The van der Waals surface area contributed by atoms with Crippen molar-refractivity contribution in [1.29, 1.82) is 0 Å². The third-order valence-electron chi connectivity index (χ3n) is 4.72. The number of rotatable bonds is 6. The van der Waals surface area contributed by atoms with Crippen molar-refractivity contribution in [2.24, 2.45) is 0 Å². The lowest BCUT2D eigenvalue weighted by atomic mass is 10.1. The van der Waals surface area contributed by atoms with Gasteiger partial charge in [-0.2, -0.15) is 0 Å². The van der Waals surface area contributed by atoms with Crippen molar-refractivity contribution in [1.82, 2.24) is 5.32 Å². The van der Waals surface area contributed by atoms with Crippen molar-refractivity contribution >= 4 is 11.6 Å². The second-order valence-electron chi connectivity index (χ2n) is 6.62. The van der Waals surface area contributed by atoms with E-state index in [4.69, 9.17) is 4.74 Å². The lowest BCUT2D eigenvalue weighted by Gasteiger charge is -2.17. The molecule has 0 radical (unpaired) electrons. The minimum absolute atomic E-state index is 0.0354. The molecule has 0 unspecified atom stereocenters. The predicted octanol–water partition coefficient (Wildman–Crippen LogP) is 3.46. The van der Waals surface area contributed by atoms with Crippen LogP contribution in [-0.2, 0) is 17.8 Å². The van der Waals surface area contributed by atoms with Gasteiger partial charge in [0.05, 0.1) is 13.5 Å². The van der Waals surface area contributed by atoms with Crippen molar-refractivity contribution in [2.45, 2.75) is 32.7 Å². The molecule has 3 rings (SSSR count). The molecule has 1 N–H and O–H groups in total. The monoisotopic (exact) mass is 338 g/mol. The molecule has 0 spiro atoms. The molecule has 132 valence electrons. The summed E-state index contributed by atoms with van der Waals surface area (Å²) in [5.41, 5.74) is 4.45. The quantitative estimate of drug-likeness (QED) is 0.877. The molecular weight excluding hydrogens is 312 g/mol. The molecule has 1 amide bonds. The van der Waals surface area contributed by atoms with E-state index in [0.29, 0.717) is 13.0 Å². The first-order chi connectivity index (χ1) is 12.2. The van der Waals surface area contributed by atoms with E-state index in [1.807, 2.05) is 25.1 Å². The Morgan fingerprint density at radius 1 is 1.08 bits per heavy atom. The number of hydrogen-bond donors (Lipinski definition) is 1.